The molecule has 0 radical (unpaired) electrons. The molecular weight excluding hydrogens is 187 g/mol. The summed E-state index contributed by atoms with van der Waals surface area (Å²) in [5.41, 5.74) is 0. The van der Waals surface area contributed by atoms with Crippen LogP contribution < -0.4 is 0 Å². The fourth-order valence-electron chi connectivity index (χ4n) is 1.81. The van der Waals surface area contributed by atoms with Crippen LogP contribution in [0, 0.1) is 11.8 Å². The lowest BCUT2D eigenvalue weighted by Gasteiger charge is -2.16. The summed E-state index contributed by atoms with van der Waals surface area (Å²) in [5, 5.41) is 2.44. The zero-order valence-corrected chi connectivity index (χ0v) is 11.4. The largest absolute Gasteiger partial charge is 0.311 e. The minimum absolute atomic E-state index is 0.211. The molecule has 0 aliphatic heterocycles. The second-order valence-corrected chi connectivity index (χ2v) is 8.07. The molecule has 0 saturated carbocycles. The normalized spacial score (nSPS) is 10.8. The molecule has 0 aliphatic rings. The third kappa shape index (κ3) is 5.63. The van der Waals surface area contributed by atoms with Gasteiger partial charge in [0.05, 0.1) is 0 Å². The number of Topliss-reactive ketones (excluding diaryl/α,β-unsaturated/α-hetero) is 1. The Bertz CT molecular complexity index is 196. The molecule has 0 N–H and O–H groups in total. The molecule has 1 nitrogen and oxygen atoms in total. The summed E-state index contributed by atoms with van der Waals surface area (Å²) in [5.74, 6) is 1.60. The van der Waals surface area contributed by atoms with Crippen LogP contribution in [0.3, 0.4) is 0 Å². The SMILES string of the molecule is C=[C](C(C)=O)[Al]([CH2]C(C)C)[CH2]C(C)C. The number of carbonyl (C=O) groups excluding carboxylic acids is 1. The maximum atomic E-state index is 11.3. The molecule has 0 aromatic rings. The summed E-state index contributed by atoms with van der Waals surface area (Å²) < 4.78 is 0.951. The molecule has 0 aromatic carbocycles. The van der Waals surface area contributed by atoms with Gasteiger partial charge in [-0.2, -0.15) is 0 Å². The highest BCUT2D eigenvalue weighted by Crippen LogP contribution is 2.20. The second kappa shape index (κ2) is 6.43. The maximum Gasteiger partial charge on any atom is 0.311 e. The van der Waals surface area contributed by atoms with E-state index in [1.165, 1.54) is 10.6 Å². The minimum Gasteiger partial charge on any atom is -0.297 e. The molecule has 0 spiro atoms. The van der Waals surface area contributed by atoms with Gasteiger partial charge in [-0.25, -0.2) is 0 Å². The lowest BCUT2D eigenvalue weighted by Crippen LogP contribution is -2.24. The van der Waals surface area contributed by atoms with Gasteiger partial charge in [0.1, 0.15) is 5.78 Å². The molecular formula is C12H23AlO. The number of carbonyl (C=O) groups is 1. The molecule has 0 fully saturated rings. The van der Waals surface area contributed by atoms with Crippen molar-refractivity contribution in [2.24, 2.45) is 11.8 Å². The fourth-order valence-corrected chi connectivity index (χ4v) is 5.42. The topological polar surface area (TPSA) is 17.1 Å². The van der Waals surface area contributed by atoms with Crippen LogP contribution in [0.15, 0.2) is 11.0 Å². The van der Waals surface area contributed by atoms with E-state index in [-0.39, 0.29) is 5.78 Å². The molecule has 0 rings (SSSR count). The Labute approximate surface area is 93.0 Å². The highest BCUT2D eigenvalue weighted by molar-refractivity contribution is 6.72. The minimum atomic E-state index is -1.05. The van der Waals surface area contributed by atoms with Crippen molar-refractivity contribution in [2.45, 2.75) is 45.2 Å². The first-order chi connectivity index (χ1) is 6.34. The first-order valence-corrected chi connectivity index (χ1v) is 7.75. The van der Waals surface area contributed by atoms with E-state index >= 15 is 0 Å². The predicted molar refractivity (Wildman–Crippen MR) is 64.9 cm³/mol. The zero-order valence-electron chi connectivity index (χ0n) is 10.3. The molecule has 0 aliphatic carbocycles. The summed E-state index contributed by atoms with van der Waals surface area (Å²) in [7, 11) is 0. The molecule has 0 aromatic heterocycles. The highest BCUT2D eigenvalue weighted by atomic mass is 27.2. The zero-order chi connectivity index (χ0) is 11.3. The lowest BCUT2D eigenvalue weighted by molar-refractivity contribution is -0.113. The van der Waals surface area contributed by atoms with Crippen molar-refractivity contribution >= 4 is 19.9 Å². The van der Waals surface area contributed by atoms with Gasteiger partial charge in [-0.1, -0.05) is 54.5 Å². The van der Waals surface area contributed by atoms with Crippen molar-refractivity contribution in [1.29, 1.82) is 0 Å². The van der Waals surface area contributed by atoms with E-state index in [2.05, 4.69) is 34.3 Å². The number of rotatable bonds is 6. The van der Waals surface area contributed by atoms with Gasteiger partial charge in [0.15, 0.2) is 0 Å². The van der Waals surface area contributed by atoms with Crippen LogP contribution in [-0.2, 0) is 4.79 Å². The quantitative estimate of drug-likeness (QED) is 0.484. The number of hydrogen-bond donors (Lipinski definition) is 0. The highest BCUT2D eigenvalue weighted by Gasteiger charge is 2.25. The van der Waals surface area contributed by atoms with E-state index in [0.717, 1.165) is 4.44 Å². The van der Waals surface area contributed by atoms with Gasteiger partial charge >= 0.3 is 14.1 Å². The van der Waals surface area contributed by atoms with E-state index in [0.29, 0.717) is 11.8 Å². The van der Waals surface area contributed by atoms with Gasteiger partial charge < -0.3 is 0 Å². The summed E-state index contributed by atoms with van der Waals surface area (Å²) >= 11 is -1.05. The smallest absolute Gasteiger partial charge is 0.297 e. The molecule has 14 heavy (non-hydrogen) atoms. The van der Waals surface area contributed by atoms with Crippen LogP contribution >= 0.6 is 0 Å². The average molecular weight is 210 g/mol. The molecule has 0 heterocycles. The fraction of sp³-hybridized carbons (Fsp3) is 0.750. The van der Waals surface area contributed by atoms with E-state index < -0.39 is 14.1 Å². The van der Waals surface area contributed by atoms with Gasteiger partial charge in [-0.05, 0) is 6.92 Å². The van der Waals surface area contributed by atoms with Crippen molar-refractivity contribution in [3.8, 4) is 0 Å². The van der Waals surface area contributed by atoms with Crippen molar-refractivity contribution in [3.63, 3.8) is 0 Å². The van der Waals surface area contributed by atoms with Crippen molar-refractivity contribution < 1.29 is 4.79 Å². The van der Waals surface area contributed by atoms with Gasteiger partial charge in [-0.15, -0.1) is 6.58 Å². The van der Waals surface area contributed by atoms with Gasteiger partial charge in [0.25, 0.3) is 0 Å². The first kappa shape index (κ1) is 13.9. The first-order valence-electron chi connectivity index (χ1n) is 5.54. The molecule has 80 valence electrons. The van der Waals surface area contributed by atoms with Gasteiger partial charge in [-0.3, -0.25) is 4.79 Å². The lowest BCUT2D eigenvalue weighted by atomic mass is 10.3. The summed E-state index contributed by atoms with van der Waals surface area (Å²) in [6.45, 7) is 14.5. The van der Waals surface area contributed by atoms with Crippen LogP contribution in [0.25, 0.3) is 0 Å². The third-order valence-electron chi connectivity index (χ3n) is 2.46. The summed E-state index contributed by atoms with van der Waals surface area (Å²) in [4.78, 5) is 11.3. The van der Waals surface area contributed by atoms with Crippen LogP contribution in [-0.4, -0.2) is 19.9 Å². The van der Waals surface area contributed by atoms with Crippen molar-refractivity contribution in [2.75, 3.05) is 0 Å². The van der Waals surface area contributed by atoms with E-state index in [9.17, 15) is 4.79 Å². The molecule has 0 unspecified atom stereocenters. The molecule has 0 bridgehead atoms. The Morgan fingerprint density at radius 1 is 1.14 bits per heavy atom. The van der Waals surface area contributed by atoms with E-state index in [1.807, 2.05) is 0 Å². The Morgan fingerprint density at radius 2 is 1.50 bits per heavy atom. The Morgan fingerprint density at radius 3 is 1.71 bits per heavy atom. The second-order valence-electron chi connectivity index (χ2n) is 5.04. The van der Waals surface area contributed by atoms with Crippen LogP contribution in [0.1, 0.15) is 34.6 Å². The van der Waals surface area contributed by atoms with Gasteiger partial charge in [0.2, 0.25) is 0 Å². The number of ketones is 1. The maximum absolute atomic E-state index is 11.3. The monoisotopic (exact) mass is 210 g/mol. The van der Waals surface area contributed by atoms with Crippen LogP contribution in [0.5, 0.6) is 0 Å². The van der Waals surface area contributed by atoms with Crippen molar-refractivity contribution in [1.82, 2.24) is 0 Å². The predicted octanol–water partition coefficient (Wildman–Crippen LogP) is 3.48. The number of hydrogen-bond acceptors (Lipinski definition) is 1. The molecule has 0 saturated heterocycles. The van der Waals surface area contributed by atoms with E-state index in [1.54, 1.807) is 6.92 Å². The Kier molecular flexibility index (Phi) is 6.40. The Hall–Kier alpha value is -0.0575. The van der Waals surface area contributed by atoms with Crippen LogP contribution in [0.2, 0.25) is 10.6 Å². The third-order valence-corrected chi connectivity index (χ3v) is 6.87. The van der Waals surface area contributed by atoms with Crippen LogP contribution in [0.4, 0.5) is 0 Å². The average Bonchev–Trinajstić information content (AvgIpc) is 1.99. The standard InChI is InChI=1S/C4H5O.2C4H9.Al/c1-3-4(2)5;2*1-4(2)3;/h1H2,2H3;2*4H,1H2,2-3H3;. The van der Waals surface area contributed by atoms with Gasteiger partial charge in [0, 0.05) is 0 Å². The summed E-state index contributed by atoms with van der Waals surface area (Å²) in [6.07, 6.45) is 0. The van der Waals surface area contributed by atoms with Crippen molar-refractivity contribution in [3.05, 3.63) is 11.0 Å². The molecule has 0 atom stereocenters. The molecule has 2 heteroatoms. The molecule has 0 amide bonds. The number of allylic oxidation sites excluding steroid dienone is 1. The Balaban J connectivity index is 4.38. The van der Waals surface area contributed by atoms with E-state index in [4.69, 9.17) is 0 Å². The summed E-state index contributed by atoms with van der Waals surface area (Å²) in [6, 6.07) is 0.